The molecule has 2 aromatic carbocycles. The maximum absolute atomic E-state index is 14.4. The molecule has 0 saturated heterocycles. The molecule has 1 aliphatic heterocycles. The molecule has 0 saturated carbocycles. The Balaban J connectivity index is 1.92. The van der Waals surface area contributed by atoms with Gasteiger partial charge >= 0.3 is 0 Å². The Morgan fingerprint density at radius 1 is 0.872 bits per heavy atom. The van der Waals surface area contributed by atoms with Gasteiger partial charge in [0.05, 0.1) is 27.0 Å². The largest absolute Gasteiger partial charge is 0.493 e. The SMILES string of the molecule is CCC(=O)N1CCCN(C)CCCN(C(=O)CCc2ccc(OC)c(OC)c2OC)Cc2cc(F)c(F)cc21. The summed E-state index contributed by atoms with van der Waals surface area (Å²) >= 11 is 0. The topological polar surface area (TPSA) is 71.6 Å². The van der Waals surface area contributed by atoms with Crippen LogP contribution in [-0.4, -0.2) is 76.2 Å². The minimum atomic E-state index is -1.02. The zero-order chi connectivity index (χ0) is 28.5. The number of carbonyl (C=O) groups is 2. The van der Waals surface area contributed by atoms with Gasteiger partial charge in [0.1, 0.15) is 0 Å². The number of fused-ring (bicyclic) bond motifs is 1. The molecule has 39 heavy (non-hydrogen) atoms. The molecule has 0 N–H and O–H groups in total. The highest BCUT2D eigenvalue weighted by Gasteiger charge is 2.25. The predicted molar refractivity (Wildman–Crippen MR) is 146 cm³/mol. The molecule has 0 aromatic heterocycles. The lowest BCUT2D eigenvalue weighted by Gasteiger charge is -2.31. The molecule has 0 radical (unpaired) electrons. The van der Waals surface area contributed by atoms with E-state index in [1.54, 1.807) is 17.9 Å². The van der Waals surface area contributed by atoms with Gasteiger partial charge in [-0.2, -0.15) is 0 Å². The summed E-state index contributed by atoms with van der Waals surface area (Å²) in [7, 11) is 6.59. The van der Waals surface area contributed by atoms with Crippen LogP contribution in [0.2, 0.25) is 0 Å². The number of halogens is 2. The summed E-state index contributed by atoms with van der Waals surface area (Å²) in [4.78, 5) is 31.7. The highest BCUT2D eigenvalue weighted by molar-refractivity contribution is 5.94. The van der Waals surface area contributed by atoms with Crippen LogP contribution in [0.15, 0.2) is 24.3 Å². The molecule has 2 amide bonds. The van der Waals surface area contributed by atoms with Gasteiger partial charge in [0, 0.05) is 38.5 Å². The van der Waals surface area contributed by atoms with E-state index in [-0.39, 0.29) is 31.2 Å². The average molecular weight is 548 g/mol. The molecule has 214 valence electrons. The molecular weight excluding hydrogens is 508 g/mol. The number of amides is 2. The van der Waals surface area contributed by atoms with Crippen LogP contribution in [0, 0.1) is 11.6 Å². The third-order valence-electron chi connectivity index (χ3n) is 7.01. The summed E-state index contributed by atoms with van der Waals surface area (Å²) in [5, 5.41) is 0. The first kappa shape index (κ1) is 30.1. The fourth-order valence-electron chi connectivity index (χ4n) is 4.93. The first-order chi connectivity index (χ1) is 18.7. The lowest BCUT2D eigenvalue weighted by atomic mass is 10.1. The highest BCUT2D eigenvalue weighted by atomic mass is 19.2. The molecule has 1 aliphatic rings. The Labute approximate surface area is 229 Å². The van der Waals surface area contributed by atoms with Crippen LogP contribution in [0.25, 0.3) is 0 Å². The zero-order valence-corrected chi connectivity index (χ0v) is 23.5. The standard InChI is InChI=1S/C29H39F2N3O5/c1-6-26(35)34-16-8-14-32(2)13-7-15-33(19-21-17-22(30)23(31)18-24(21)34)27(36)12-10-20-9-11-25(37-3)29(39-5)28(20)38-4/h9,11,17-18H,6-8,10,12-16,19H2,1-5H3. The van der Waals surface area contributed by atoms with Crippen molar-refractivity contribution in [3.05, 3.63) is 47.0 Å². The van der Waals surface area contributed by atoms with Crippen LogP contribution in [0.5, 0.6) is 17.2 Å². The fraction of sp³-hybridized carbons (Fsp3) is 0.517. The highest BCUT2D eigenvalue weighted by Crippen LogP contribution is 2.40. The third kappa shape index (κ3) is 7.38. The molecule has 0 atom stereocenters. The van der Waals surface area contributed by atoms with Crippen molar-refractivity contribution >= 4 is 17.5 Å². The van der Waals surface area contributed by atoms with Gasteiger partial charge in [-0.15, -0.1) is 0 Å². The summed E-state index contributed by atoms with van der Waals surface area (Å²) in [6.45, 7) is 4.11. The number of carbonyl (C=O) groups excluding carboxylic acids is 2. The van der Waals surface area contributed by atoms with Gasteiger partial charge in [0.2, 0.25) is 17.6 Å². The summed E-state index contributed by atoms with van der Waals surface area (Å²) in [6.07, 6.45) is 2.18. The smallest absolute Gasteiger partial charge is 0.226 e. The third-order valence-corrected chi connectivity index (χ3v) is 7.01. The molecule has 0 spiro atoms. The number of nitrogens with zero attached hydrogens (tertiary/aromatic N) is 3. The van der Waals surface area contributed by atoms with Gasteiger partial charge < -0.3 is 28.9 Å². The second kappa shape index (κ2) is 14.1. The van der Waals surface area contributed by atoms with E-state index in [1.807, 2.05) is 13.1 Å². The minimum absolute atomic E-state index is 0.0612. The monoisotopic (exact) mass is 547 g/mol. The second-order valence-electron chi connectivity index (χ2n) is 9.61. The van der Waals surface area contributed by atoms with Crippen molar-refractivity contribution in [3.8, 4) is 17.2 Å². The fourth-order valence-corrected chi connectivity index (χ4v) is 4.93. The van der Waals surface area contributed by atoms with E-state index in [0.717, 1.165) is 37.2 Å². The molecule has 3 rings (SSSR count). The normalized spacial score (nSPS) is 15.2. The van der Waals surface area contributed by atoms with Crippen LogP contribution in [0.3, 0.4) is 0 Å². The van der Waals surface area contributed by atoms with Gasteiger partial charge in [-0.3, -0.25) is 9.59 Å². The van der Waals surface area contributed by atoms with E-state index < -0.39 is 11.6 Å². The van der Waals surface area contributed by atoms with Crippen molar-refractivity contribution in [1.29, 1.82) is 0 Å². The van der Waals surface area contributed by atoms with E-state index in [1.165, 1.54) is 26.2 Å². The van der Waals surface area contributed by atoms with Gasteiger partial charge in [-0.25, -0.2) is 8.78 Å². The Morgan fingerprint density at radius 3 is 2.18 bits per heavy atom. The summed E-state index contributed by atoms with van der Waals surface area (Å²) < 4.78 is 45.2. The molecule has 8 nitrogen and oxygen atoms in total. The van der Waals surface area contributed by atoms with Gasteiger partial charge in [-0.05, 0) is 62.7 Å². The number of anilines is 1. The lowest BCUT2D eigenvalue weighted by molar-refractivity contribution is -0.131. The minimum Gasteiger partial charge on any atom is -0.493 e. The zero-order valence-electron chi connectivity index (χ0n) is 23.5. The Bertz CT molecular complexity index is 1160. The molecule has 0 fully saturated rings. The molecule has 1 heterocycles. The maximum Gasteiger partial charge on any atom is 0.226 e. The average Bonchev–Trinajstić information content (AvgIpc) is 2.93. The van der Waals surface area contributed by atoms with Crippen molar-refractivity contribution in [2.75, 3.05) is 59.5 Å². The van der Waals surface area contributed by atoms with Gasteiger partial charge in [-0.1, -0.05) is 13.0 Å². The van der Waals surface area contributed by atoms with Crippen molar-refractivity contribution < 1.29 is 32.6 Å². The Hall–Kier alpha value is -3.40. The van der Waals surface area contributed by atoms with E-state index in [0.29, 0.717) is 54.4 Å². The second-order valence-corrected chi connectivity index (χ2v) is 9.61. The number of hydrogen-bond donors (Lipinski definition) is 0. The van der Waals surface area contributed by atoms with Crippen molar-refractivity contribution in [2.24, 2.45) is 0 Å². The summed E-state index contributed by atoms with van der Waals surface area (Å²) in [5.74, 6) is -0.884. The number of methoxy groups -OCH3 is 3. The first-order valence-corrected chi connectivity index (χ1v) is 13.3. The molecule has 10 heteroatoms. The predicted octanol–water partition coefficient (Wildman–Crippen LogP) is 4.42. The quantitative estimate of drug-likeness (QED) is 0.511. The van der Waals surface area contributed by atoms with E-state index in [9.17, 15) is 18.4 Å². The Kier molecular flexibility index (Phi) is 10.9. The number of benzene rings is 2. The molecule has 2 aromatic rings. The van der Waals surface area contributed by atoms with Crippen LogP contribution >= 0.6 is 0 Å². The van der Waals surface area contributed by atoms with E-state index in [4.69, 9.17) is 14.2 Å². The van der Waals surface area contributed by atoms with Crippen LogP contribution in [-0.2, 0) is 22.6 Å². The molecule has 0 bridgehead atoms. The number of ether oxygens (including phenoxy) is 3. The van der Waals surface area contributed by atoms with E-state index in [2.05, 4.69) is 4.90 Å². The number of hydrogen-bond acceptors (Lipinski definition) is 6. The van der Waals surface area contributed by atoms with Crippen molar-refractivity contribution in [3.63, 3.8) is 0 Å². The summed E-state index contributed by atoms with van der Waals surface area (Å²) in [6, 6.07) is 5.78. The maximum atomic E-state index is 14.4. The molecule has 0 unspecified atom stereocenters. The molecular formula is C29H39F2N3O5. The van der Waals surface area contributed by atoms with E-state index >= 15 is 0 Å². The first-order valence-electron chi connectivity index (χ1n) is 13.3. The number of aryl methyl sites for hydroxylation is 1. The van der Waals surface area contributed by atoms with Crippen LogP contribution in [0.1, 0.15) is 43.7 Å². The van der Waals surface area contributed by atoms with Crippen molar-refractivity contribution in [1.82, 2.24) is 9.80 Å². The number of rotatable bonds is 7. The van der Waals surface area contributed by atoms with Gasteiger partial charge in [0.15, 0.2) is 23.1 Å². The van der Waals surface area contributed by atoms with Crippen molar-refractivity contribution in [2.45, 2.75) is 45.6 Å². The Morgan fingerprint density at radius 2 is 1.54 bits per heavy atom. The lowest BCUT2D eigenvalue weighted by Crippen LogP contribution is -2.38. The summed E-state index contributed by atoms with van der Waals surface area (Å²) in [5.41, 5.74) is 1.50. The van der Waals surface area contributed by atoms with Crippen LogP contribution in [0.4, 0.5) is 14.5 Å². The van der Waals surface area contributed by atoms with Crippen LogP contribution < -0.4 is 19.1 Å². The van der Waals surface area contributed by atoms with Gasteiger partial charge in [0.25, 0.3) is 0 Å². The molecule has 0 aliphatic carbocycles.